The second-order valence-electron chi connectivity index (χ2n) is 5.75. The molecule has 2 rings (SSSR count). The van der Waals surface area contributed by atoms with Crippen molar-refractivity contribution in [3.05, 3.63) is 68.7 Å². The minimum Gasteiger partial charge on any atom is -0.482 e. The van der Waals surface area contributed by atoms with Crippen LogP contribution in [0.5, 0.6) is 17.2 Å². The Morgan fingerprint density at radius 2 is 1.93 bits per heavy atom. The van der Waals surface area contributed by atoms with Crippen molar-refractivity contribution in [2.75, 3.05) is 6.61 Å². The zero-order chi connectivity index (χ0) is 21.8. The van der Waals surface area contributed by atoms with Gasteiger partial charge in [-0.1, -0.05) is 11.6 Å². The van der Waals surface area contributed by atoms with E-state index in [0.717, 1.165) is 30.3 Å². The zero-order valence-corrected chi connectivity index (χ0v) is 15.5. The van der Waals surface area contributed by atoms with Gasteiger partial charge in [0.15, 0.2) is 0 Å². The molecule has 2 aromatic rings. The Morgan fingerprint density at radius 1 is 1.24 bits per heavy atom. The molecule has 0 aliphatic heterocycles. The molecule has 0 spiro atoms. The summed E-state index contributed by atoms with van der Waals surface area (Å²) in [5.41, 5.74) is -1.06. The summed E-state index contributed by atoms with van der Waals surface area (Å²) in [6.07, 6.45) is -3.69. The number of aliphatic carboxylic acids is 1. The highest BCUT2D eigenvalue weighted by atomic mass is 35.5. The van der Waals surface area contributed by atoms with Gasteiger partial charge in [0, 0.05) is 18.2 Å². The van der Waals surface area contributed by atoms with E-state index in [0.29, 0.717) is 11.6 Å². The lowest BCUT2D eigenvalue weighted by Gasteiger charge is -2.12. The third kappa shape index (κ3) is 6.11. The normalized spacial score (nSPS) is 11.8. The fraction of sp³-hybridized carbons (Fsp3) is 0.167. The van der Waals surface area contributed by atoms with Crippen LogP contribution in [0.15, 0.2) is 48.0 Å². The van der Waals surface area contributed by atoms with Gasteiger partial charge in [-0.2, -0.15) is 13.2 Å². The molecule has 0 heterocycles. The van der Waals surface area contributed by atoms with Gasteiger partial charge in [0.25, 0.3) is 0 Å². The van der Waals surface area contributed by atoms with Crippen molar-refractivity contribution in [1.82, 2.24) is 0 Å². The van der Waals surface area contributed by atoms with Crippen molar-refractivity contribution >= 4 is 23.3 Å². The maximum Gasteiger partial charge on any atom is 0.416 e. The maximum atomic E-state index is 12.7. The number of carboxylic acids is 1. The third-order valence-electron chi connectivity index (χ3n) is 3.44. The number of carbonyl (C=O) groups is 1. The molecule has 0 radical (unpaired) electrons. The smallest absolute Gasteiger partial charge is 0.416 e. The number of hydrogen-bond donors (Lipinski definition) is 1. The summed E-state index contributed by atoms with van der Waals surface area (Å²) < 4.78 is 48.8. The van der Waals surface area contributed by atoms with Crippen molar-refractivity contribution in [3.63, 3.8) is 0 Å². The molecule has 0 unspecified atom stereocenters. The third-order valence-corrected chi connectivity index (χ3v) is 3.74. The lowest BCUT2D eigenvalue weighted by molar-refractivity contribution is -0.385. The largest absolute Gasteiger partial charge is 0.482 e. The molecule has 0 saturated heterocycles. The molecule has 1 N–H and O–H groups in total. The van der Waals surface area contributed by atoms with E-state index in [1.54, 1.807) is 0 Å². The van der Waals surface area contributed by atoms with Gasteiger partial charge in [0.2, 0.25) is 5.75 Å². The van der Waals surface area contributed by atoms with Gasteiger partial charge < -0.3 is 14.6 Å². The number of benzene rings is 2. The van der Waals surface area contributed by atoms with Gasteiger partial charge in [0.05, 0.1) is 15.5 Å². The summed E-state index contributed by atoms with van der Waals surface area (Å²) in [7, 11) is 0. The van der Waals surface area contributed by atoms with Gasteiger partial charge in [-0.15, -0.1) is 0 Å². The first-order chi connectivity index (χ1) is 13.5. The second-order valence-corrected chi connectivity index (χ2v) is 6.16. The van der Waals surface area contributed by atoms with E-state index in [-0.39, 0.29) is 28.9 Å². The molecule has 0 aliphatic carbocycles. The predicted molar refractivity (Wildman–Crippen MR) is 96.5 cm³/mol. The van der Waals surface area contributed by atoms with Gasteiger partial charge in [0.1, 0.15) is 18.1 Å². The molecule has 29 heavy (non-hydrogen) atoms. The van der Waals surface area contributed by atoms with Crippen molar-refractivity contribution in [2.45, 2.75) is 13.1 Å². The lowest BCUT2D eigenvalue weighted by atomic mass is 10.2. The summed E-state index contributed by atoms with van der Waals surface area (Å²) in [4.78, 5) is 21.1. The number of halogens is 4. The molecule has 7 nitrogen and oxygen atoms in total. The van der Waals surface area contributed by atoms with Crippen molar-refractivity contribution in [2.24, 2.45) is 0 Å². The van der Waals surface area contributed by atoms with Gasteiger partial charge >= 0.3 is 17.8 Å². The first kappa shape index (κ1) is 22.0. The molecule has 0 amide bonds. The number of alkyl halides is 3. The predicted octanol–water partition coefficient (Wildman–Crippen LogP) is 5.47. The van der Waals surface area contributed by atoms with E-state index in [1.807, 2.05) is 0 Å². The van der Waals surface area contributed by atoms with Gasteiger partial charge in [-0.3, -0.25) is 10.1 Å². The number of nitro groups is 1. The van der Waals surface area contributed by atoms with Crippen LogP contribution >= 0.6 is 11.6 Å². The van der Waals surface area contributed by atoms with Crippen molar-refractivity contribution < 1.29 is 37.5 Å². The number of hydrogen-bond acceptors (Lipinski definition) is 5. The summed E-state index contributed by atoms with van der Waals surface area (Å²) in [5.74, 6) is -1.49. The molecular formula is C18H13ClF3NO6. The van der Waals surface area contributed by atoms with Crippen LogP contribution in [0.2, 0.25) is 5.02 Å². The Morgan fingerprint density at radius 3 is 2.48 bits per heavy atom. The monoisotopic (exact) mass is 431 g/mol. The molecule has 0 aliphatic rings. The Labute approximate surface area is 167 Å². The zero-order valence-electron chi connectivity index (χ0n) is 14.7. The molecule has 0 fully saturated rings. The van der Waals surface area contributed by atoms with Crippen LogP contribution in [0.4, 0.5) is 18.9 Å². The topological polar surface area (TPSA) is 98.9 Å². The quantitative estimate of drug-likeness (QED) is 0.354. The highest BCUT2D eigenvalue weighted by Crippen LogP contribution is 2.38. The Balaban J connectivity index is 2.28. The molecule has 0 atom stereocenters. The van der Waals surface area contributed by atoms with Crippen LogP contribution < -0.4 is 9.47 Å². The summed E-state index contributed by atoms with van der Waals surface area (Å²) in [6, 6.07) is 5.95. The minimum absolute atomic E-state index is 0.0205. The standard InChI is InChI=1S/C18H13ClF3NO6/c1-10(6-17(24)25)9-28-16-8-12(3-4-14(16)23(26)27)29-15-5-2-11(7-13(15)19)18(20,21)22/h2-8H,9H2,1H3,(H,24,25)/b10-6+. The highest BCUT2D eigenvalue weighted by molar-refractivity contribution is 6.32. The molecule has 11 heteroatoms. The molecular weight excluding hydrogens is 419 g/mol. The van der Waals surface area contributed by atoms with E-state index in [1.165, 1.54) is 13.0 Å². The second kappa shape index (κ2) is 8.82. The summed E-state index contributed by atoms with van der Waals surface area (Å²) in [5, 5.41) is 19.5. The number of nitrogens with zero attached hydrogens (tertiary/aromatic N) is 1. The van der Waals surface area contributed by atoms with Crippen LogP contribution in [-0.2, 0) is 11.0 Å². The first-order valence-corrected chi connectivity index (χ1v) is 8.21. The molecule has 0 bridgehead atoms. The van der Waals surface area contributed by atoms with Crippen LogP contribution in [0.25, 0.3) is 0 Å². The van der Waals surface area contributed by atoms with E-state index in [2.05, 4.69) is 0 Å². The van der Waals surface area contributed by atoms with E-state index in [4.69, 9.17) is 26.2 Å². The van der Waals surface area contributed by atoms with Gasteiger partial charge in [-0.05, 0) is 36.8 Å². The molecule has 0 aromatic heterocycles. The van der Waals surface area contributed by atoms with E-state index < -0.39 is 28.3 Å². The molecule has 0 saturated carbocycles. The number of ether oxygens (including phenoxy) is 2. The van der Waals surface area contributed by atoms with Crippen LogP contribution in [0, 0.1) is 10.1 Å². The maximum absolute atomic E-state index is 12.7. The summed E-state index contributed by atoms with van der Waals surface area (Å²) >= 11 is 5.83. The van der Waals surface area contributed by atoms with E-state index >= 15 is 0 Å². The Bertz CT molecular complexity index is 975. The minimum atomic E-state index is -4.57. The highest BCUT2D eigenvalue weighted by Gasteiger charge is 2.31. The Kier molecular flexibility index (Phi) is 6.70. The van der Waals surface area contributed by atoms with Crippen LogP contribution in [0.3, 0.4) is 0 Å². The van der Waals surface area contributed by atoms with Gasteiger partial charge in [-0.25, -0.2) is 4.79 Å². The summed E-state index contributed by atoms with van der Waals surface area (Å²) in [6.45, 7) is 1.22. The molecule has 154 valence electrons. The van der Waals surface area contributed by atoms with Crippen LogP contribution in [0.1, 0.15) is 12.5 Å². The van der Waals surface area contributed by atoms with E-state index in [9.17, 15) is 28.1 Å². The fourth-order valence-electron chi connectivity index (χ4n) is 2.16. The van der Waals surface area contributed by atoms with Crippen molar-refractivity contribution in [3.8, 4) is 17.2 Å². The molecule has 2 aromatic carbocycles. The fourth-order valence-corrected chi connectivity index (χ4v) is 2.37. The average molecular weight is 432 g/mol. The van der Waals surface area contributed by atoms with Crippen molar-refractivity contribution in [1.29, 1.82) is 0 Å². The van der Waals surface area contributed by atoms with Crippen LogP contribution in [-0.4, -0.2) is 22.6 Å². The number of carboxylic acid groups (broad SMARTS) is 1. The SMILES string of the molecule is C/C(=C\C(=O)O)COc1cc(Oc2ccc(C(F)(F)F)cc2Cl)ccc1[N+](=O)[O-]. The lowest BCUT2D eigenvalue weighted by Crippen LogP contribution is -2.05. The Hall–Kier alpha value is -3.27. The number of rotatable bonds is 7. The number of nitro benzene ring substituents is 1. The first-order valence-electron chi connectivity index (χ1n) is 7.83. The average Bonchev–Trinajstić information content (AvgIpc) is 2.60.